The molecule has 0 aliphatic carbocycles. The second-order valence-electron chi connectivity index (χ2n) is 4.03. The molecule has 19 heavy (non-hydrogen) atoms. The van der Waals surface area contributed by atoms with Gasteiger partial charge in [-0.15, -0.1) is 11.3 Å². The van der Waals surface area contributed by atoms with Crippen molar-refractivity contribution in [3.63, 3.8) is 0 Å². The Morgan fingerprint density at radius 3 is 2.95 bits per heavy atom. The van der Waals surface area contributed by atoms with E-state index in [2.05, 4.69) is 26.1 Å². The van der Waals surface area contributed by atoms with Gasteiger partial charge >= 0.3 is 0 Å². The van der Waals surface area contributed by atoms with Crippen LogP contribution in [0.15, 0.2) is 44.7 Å². The largest absolute Gasteiger partial charge is 0.397 e. The standard InChI is InChI=1S/C13H10BrN3OS/c14-9-3-1-2-8(6-9)7-11-16-13(18-17-11)12-10(15)4-5-19-12/h1-6H,7,15H2. The Morgan fingerprint density at radius 2 is 2.21 bits per heavy atom. The van der Waals surface area contributed by atoms with Crippen LogP contribution < -0.4 is 5.73 Å². The summed E-state index contributed by atoms with van der Waals surface area (Å²) < 4.78 is 6.29. The third-order valence-electron chi connectivity index (χ3n) is 2.61. The van der Waals surface area contributed by atoms with Gasteiger partial charge in [-0.3, -0.25) is 0 Å². The maximum Gasteiger partial charge on any atom is 0.270 e. The first-order chi connectivity index (χ1) is 9.22. The highest BCUT2D eigenvalue weighted by atomic mass is 79.9. The van der Waals surface area contributed by atoms with Crippen LogP contribution >= 0.6 is 27.3 Å². The van der Waals surface area contributed by atoms with E-state index in [1.165, 1.54) is 11.3 Å². The third-order valence-corrected chi connectivity index (χ3v) is 4.02. The van der Waals surface area contributed by atoms with E-state index in [1.54, 1.807) is 0 Å². The number of rotatable bonds is 3. The SMILES string of the molecule is Nc1ccsc1-c1nc(Cc2cccc(Br)c2)no1. The molecule has 3 aromatic rings. The van der Waals surface area contributed by atoms with Gasteiger partial charge in [-0.2, -0.15) is 4.98 Å². The fourth-order valence-corrected chi connectivity index (χ4v) is 2.93. The number of aromatic nitrogens is 2. The summed E-state index contributed by atoms with van der Waals surface area (Å²) in [6.07, 6.45) is 0.633. The summed E-state index contributed by atoms with van der Waals surface area (Å²) in [6.45, 7) is 0. The maximum absolute atomic E-state index is 5.83. The minimum absolute atomic E-state index is 0.484. The van der Waals surface area contributed by atoms with Crippen LogP contribution in [0.25, 0.3) is 10.8 Å². The van der Waals surface area contributed by atoms with Gasteiger partial charge in [0, 0.05) is 10.9 Å². The topological polar surface area (TPSA) is 64.9 Å². The monoisotopic (exact) mass is 335 g/mol. The van der Waals surface area contributed by atoms with Crippen LogP contribution in [0.5, 0.6) is 0 Å². The molecule has 0 amide bonds. The number of benzene rings is 1. The molecule has 1 aromatic carbocycles. The highest BCUT2D eigenvalue weighted by Gasteiger charge is 2.13. The van der Waals surface area contributed by atoms with Crippen LogP contribution in [0.3, 0.4) is 0 Å². The molecule has 0 unspecified atom stereocenters. The molecule has 6 heteroatoms. The van der Waals surface area contributed by atoms with Gasteiger partial charge in [0.1, 0.15) is 4.88 Å². The Kier molecular flexibility index (Phi) is 3.35. The van der Waals surface area contributed by atoms with Crippen LogP contribution in [0.1, 0.15) is 11.4 Å². The van der Waals surface area contributed by atoms with Gasteiger partial charge in [-0.1, -0.05) is 33.2 Å². The molecular formula is C13H10BrN3OS. The fraction of sp³-hybridized carbons (Fsp3) is 0.0769. The highest BCUT2D eigenvalue weighted by Crippen LogP contribution is 2.30. The molecule has 0 saturated heterocycles. The molecule has 2 aromatic heterocycles. The predicted octanol–water partition coefficient (Wildman–Crippen LogP) is 3.73. The highest BCUT2D eigenvalue weighted by molar-refractivity contribution is 9.10. The van der Waals surface area contributed by atoms with Gasteiger partial charge in [0.25, 0.3) is 5.89 Å². The van der Waals surface area contributed by atoms with Gasteiger partial charge in [0.2, 0.25) is 0 Å². The molecule has 2 N–H and O–H groups in total. The Hall–Kier alpha value is -1.66. The van der Waals surface area contributed by atoms with Gasteiger partial charge in [0.05, 0.1) is 5.69 Å². The van der Waals surface area contributed by atoms with E-state index in [0.29, 0.717) is 23.8 Å². The van der Waals surface area contributed by atoms with Crippen LogP contribution in [0, 0.1) is 0 Å². The molecule has 0 spiro atoms. The number of thiophene rings is 1. The molecule has 0 aliphatic rings. The lowest BCUT2D eigenvalue weighted by Crippen LogP contribution is -1.90. The van der Waals surface area contributed by atoms with E-state index in [1.807, 2.05) is 35.7 Å². The lowest BCUT2D eigenvalue weighted by atomic mass is 10.1. The zero-order valence-corrected chi connectivity index (χ0v) is 12.2. The van der Waals surface area contributed by atoms with Crippen LogP contribution in [0.4, 0.5) is 5.69 Å². The van der Waals surface area contributed by atoms with Crippen molar-refractivity contribution < 1.29 is 4.52 Å². The van der Waals surface area contributed by atoms with Crippen molar-refractivity contribution in [1.82, 2.24) is 10.1 Å². The Morgan fingerprint density at radius 1 is 1.32 bits per heavy atom. The van der Waals surface area contributed by atoms with Gasteiger partial charge in [-0.25, -0.2) is 0 Å². The second kappa shape index (κ2) is 5.14. The summed E-state index contributed by atoms with van der Waals surface area (Å²) in [4.78, 5) is 5.20. The minimum Gasteiger partial charge on any atom is -0.397 e. The molecular weight excluding hydrogens is 326 g/mol. The zero-order valence-electron chi connectivity index (χ0n) is 9.84. The molecule has 2 heterocycles. The normalized spacial score (nSPS) is 10.8. The lowest BCUT2D eigenvalue weighted by Gasteiger charge is -1.96. The van der Waals surface area contributed by atoms with Gasteiger partial charge in [-0.05, 0) is 29.1 Å². The number of nitrogens with two attached hydrogens (primary N) is 1. The first-order valence-electron chi connectivity index (χ1n) is 5.63. The molecule has 0 aliphatic heterocycles. The lowest BCUT2D eigenvalue weighted by molar-refractivity contribution is 0.425. The minimum atomic E-state index is 0.484. The fourth-order valence-electron chi connectivity index (χ4n) is 1.74. The molecule has 0 radical (unpaired) electrons. The molecule has 0 atom stereocenters. The quantitative estimate of drug-likeness (QED) is 0.791. The van der Waals surface area contributed by atoms with E-state index >= 15 is 0 Å². The van der Waals surface area contributed by atoms with Crippen molar-refractivity contribution in [3.8, 4) is 10.8 Å². The number of nitrogens with zero attached hydrogens (tertiary/aromatic N) is 2. The maximum atomic E-state index is 5.83. The molecule has 0 bridgehead atoms. The first kappa shape index (κ1) is 12.4. The number of hydrogen-bond donors (Lipinski definition) is 1. The van der Waals surface area contributed by atoms with Crippen molar-refractivity contribution in [2.75, 3.05) is 5.73 Å². The summed E-state index contributed by atoms with van der Waals surface area (Å²) in [5.41, 5.74) is 7.63. The molecule has 0 saturated carbocycles. The smallest absolute Gasteiger partial charge is 0.270 e. The van der Waals surface area contributed by atoms with Crippen molar-refractivity contribution in [2.24, 2.45) is 0 Å². The van der Waals surface area contributed by atoms with Crippen molar-refractivity contribution in [1.29, 1.82) is 0 Å². The average Bonchev–Trinajstić information content (AvgIpc) is 2.98. The first-order valence-corrected chi connectivity index (χ1v) is 7.30. The average molecular weight is 336 g/mol. The van der Waals surface area contributed by atoms with Gasteiger partial charge in [0.15, 0.2) is 5.82 Å². The van der Waals surface area contributed by atoms with E-state index in [9.17, 15) is 0 Å². The summed E-state index contributed by atoms with van der Waals surface area (Å²) >= 11 is 4.94. The third kappa shape index (κ3) is 2.69. The molecule has 4 nitrogen and oxygen atoms in total. The Labute approximate surface area is 122 Å². The van der Waals surface area contributed by atoms with E-state index in [4.69, 9.17) is 10.3 Å². The molecule has 96 valence electrons. The number of anilines is 1. The van der Waals surface area contributed by atoms with Crippen LogP contribution in [-0.4, -0.2) is 10.1 Å². The zero-order chi connectivity index (χ0) is 13.2. The number of nitrogen functional groups attached to an aromatic ring is 1. The number of halogens is 1. The summed E-state index contributed by atoms with van der Waals surface area (Å²) in [5, 5.41) is 5.89. The van der Waals surface area contributed by atoms with E-state index in [0.717, 1.165) is 14.9 Å². The Bertz CT molecular complexity index is 707. The van der Waals surface area contributed by atoms with Crippen molar-refractivity contribution in [3.05, 3.63) is 51.6 Å². The summed E-state index contributed by atoms with van der Waals surface area (Å²) in [5.74, 6) is 1.14. The van der Waals surface area contributed by atoms with Crippen LogP contribution in [-0.2, 0) is 6.42 Å². The molecule has 0 fully saturated rings. The Balaban J connectivity index is 1.84. The summed E-state index contributed by atoms with van der Waals surface area (Å²) in [7, 11) is 0. The summed E-state index contributed by atoms with van der Waals surface area (Å²) in [6, 6.07) is 9.86. The predicted molar refractivity (Wildman–Crippen MR) is 79.0 cm³/mol. The van der Waals surface area contributed by atoms with E-state index < -0.39 is 0 Å². The van der Waals surface area contributed by atoms with Crippen molar-refractivity contribution in [2.45, 2.75) is 6.42 Å². The van der Waals surface area contributed by atoms with Crippen LogP contribution in [0.2, 0.25) is 0 Å². The van der Waals surface area contributed by atoms with Gasteiger partial charge < -0.3 is 10.3 Å². The number of hydrogen-bond acceptors (Lipinski definition) is 5. The molecule has 3 rings (SSSR count). The van der Waals surface area contributed by atoms with Crippen molar-refractivity contribution >= 4 is 33.0 Å². The van der Waals surface area contributed by atoms with E-state index in [-0.39, 0.29) is 0 Å². The second-order valence-corrected chi connectivity index (χ2v) is 5.86.